The number of aromatic nitrogens is 2. The molecule has 2 aromatic heterocycles. The average molecular weight is 316 g/mol. The minimum absolute atomic E-state index is 0.181. The van der Waals surface area contributed by atoms with Crippen LogP contribution in [0, 0.1) is 6.92 Å². The third-order valence-electron chi connectivity index (χ3n) is 4.10. The molecule has 0 radical (unpaired) electrons. The van der Waals surface area contributed by atoms with Gasteiger partial charge in [-0.3, -0.25) is 4.40 Å². The first-order chi connectivity index (χ1) is 11.6. The van der Waals surface area contributed by atoms with E-state index in [1.54, 1.807) is 18.2 Å². The number of hydrogen-bond acceptors (Lipinski definition) is 3. The van der Waals surface area contributed by atoms with Crippen molar-refractivity contribution < 1.29 is 10.2 Å². The van der Waals surface area contributed by atoms with Crippen LogP contribution in [-0.2, 0) is 0 Å². The molecule has 4 nitrogen and oxygen atoms in total. The predicted molar refractivity (Wildman–Crippen MR) is 94.1 cm³/mol. The normalized spacial score (nSPS) is 11.0. The molecule has 0 spiro atoms. The molecule has 2 aromatic carbocycles. The molecular formula is C20H16N2O2. The van der Waals surface area contributed by atoms with Crippen molar-refractivity contribution in [2.45, 2.75) is 6.92 Å². The van der Waals surface area contributed by atoms with Crippen LogP contribution in [0.1, 0.15) is 5.56 Å². The van der Waals surface area contributed by atoms with Crippen LogP contribution in [0.15, 0.2) is 66.9 Å². The first kappa shape index (κ1) is 14.3. The van der Waals surface area contributed by atoms with Gasteiger partial charge in [-0.25, -0.2) is 4.98 Å². The number of aryl methyl sites for hydroxylation is 1. The van der Waals surface area contributed by atoms with Gasteiger partial charge >= 0.3 is 0 Å². The lowest BCUT2D eigenvalue weighted by atomic mass is 10.1. The van der Waals surface area contributed by atoms with Crippen molar-refractivity contribution in [2.75, 3.05) is 0 Å². The summed E-state index contributed by atoms with van der Waals surface area (Å²) in [5.74, 6) is 1.01. The van der Waals surface area contributed by atoms with E-state index < -0.39 is 0 Å². The van der Waals surface area contributed by atoms with Crippen molar-refractivity contribution in [3.8, 4) is 34.1 Å². The fourth-order valence-electron chi connectivity index (χ4n) is 2.93. The summed E-state index contributed by atoms with van der Waals surface area (Å²) in [4.78, 5) is 4.74. The number of pyridine rings is 1. The van der Waals surface area contributed by atoms with Gasteiger partial charge in [0.1, 0.15) is 23.0 Å². The van der Waals surface area contributed by atoms with Crippen LogP contribution in [0.4, 0.5) is 0 Å². The van der Waals surface area contributed by atoms with Gasteiger partial charge in [-0.15, -0.1) is 0 Å². The molecule has 0 aliphatic rings. The fraction of sp³-hybridized carbons (Fsp3) is 0.0500. The number of rotatable bonds is 2. The number of imidazole rings is 1. The Morgan fingerprint density at radius 3 is 2.42 bits per heavy atom. The molecule has 0 saturated carbocycles. The minimum atomic E-state index is 0.181. The van der Waals surface area contributed by atoms with Crippen LogP contribution in [0.3, 0.4) is 0 Å². The first-order valence-corrected chi connectivity index (χ1v) is 7.70. The first-order valence-electron chi connectivity index (χ1n) is 7.70. The molecular weight excluding hydrogens is 300 g/mol. The van der Waals surface area contributed by atoms with E-state index in [0.29, 0.717) is 22.6 Å². The molecule has 24 heavy (non-hydrogen) atoms. The molecule has 0 aliphatic carbocycles. The number of phenolic OH excluding ortho intramolecular Hbond substituents is 2. The zero-order valence-electron chi connectivity index (χ0n) is 13.1. The maximum absolute atomic E-state index is 10.3. The highest BCUT2D eigenvalue weighted by Crippen LogP contribution is 2.36. The Bertz CT molecular complexity index is 1050. The van der Waals surface area contributed by atoms with E-state index in [4.69, 9.17) is 4.98 Å². The summed E-state index contributed by atoms with van der Waals surface area (Å²) in [5.41, 5.74) is 3.93. The molecule has 0 atom stereocenters. The molecule has 0 fully saturated rings. The standard InChI is InChI=1S/C20H16N2O2/c1-13-9-10-18(24)15(12-13)20-21-19(14-6-2-3-8-17(14)23)16-7-4-5-11-22(16)20/h2-12,23-24H,1H3. The molecule has 2 N–H and O–H groups in total. The van der Waals surface area contributed by atoms with Gasteiger partial charge in [0.15, 0.2) is 0 Å². The number of phenols is 2. The highest BCUT2D eigenvalue weighted by molar-refractivity contribution is 5.85. The van der Waals surface area contributed by atoms with Crippen LogP contribution in [0.5, 0.6) is 11.5 Å². The van der Waals surface area contributed by atoms with Crippen LogP contribution in [0.25, 0.3) is 28.2 Å². The van der Waals surface area contributed by atoms with Gasteiger partial charge in [-0.05, 0) is 43.3 Å². The molecule has 4 heteroatoms. The Labute approximate surface area is 139 Å². The number of hydrogen-bond donors (Lipinski definition) is 2. The summed E-state index contributed by atoms with van der Waals surface area (Å²) < 4.78 is 1.93. The van der Waals surface area contributed by atoms with E-state index >= 15 is 0 Å². The summed E-state index contributed by atoms with van der Waals surface area (Å²) in [6, 6.07) is 18.4. The zero-order chi connectivity index (χ0) is 16.7. The summed E-state index contributed by atoms with van der Waals surface area (Å²) >= 11 is 0. The van der Waals surface area contributed by atoms with Gasteiger partial charge < -0.3 is 10.2 Å². The summed E-state index contributed by atoms with van der Waals surface area (Å²) in [6.45, 7) is 1.97. The number of aromatic hydroxyl groups is 2. The maximum Gasteiger partial charge on any atom is 0.149 e. The van der Waals surface area contributed by atoms with Crippen LogP contribution in [-0.4, -0.2) is 19.6 Å². The predicted octanol–water partition coefficient (Wildman–Crippen LogP) is 4.39. The monoisotopic (exact) mass is 316 g/mol. The van der Waals surface area contributed by atoms with Gasteiger partial charge in [0.2, 0.25) is 0 Å². The topological polar surface area (TPSA) is 57.8 Å². The third-order valence-corrected chi connectivity index (χ3v) is 4.10. The maximum atomic E-state index is 10.3. The van der Waals surface area contributed by atoms with Gasteiger partial charge in [0.05, 0.1) is 11.1 Å². The van der Waals surface area contributed by atoms with Crippen molar-refractivity contribution >= 4 is 5.52 Å². The smallest absolute Gasteiger partial charge is 0.149 e. The number of fused-ring (bicyclic) bond motifs is 1. The van der Waals surface area contributed by atoms with Crippen molar-refractivity contribution in [3.63, 3.8) is 0 Å². The second-order valence-corrected chi connectivity index (χ2v) is 5.78. The van der Waals surface area contributed by atoms with Crippen LogP contribution >= 0.6 is 0 Å². The fourth-order valence-corrected chi connectivity index (χ4v) is 2.93. The quantitative estimate of drug-likeness (QED) is 0.577. The molecule has 4 aromatic rings. The zero-order valence-corrected chi connectivity index (χ0v) is 13.1. The van der Waals surface area contributed by atoms with Crippen LogP contribution in [0.2, 0.25) is 0 Å². The molecule has 4 rings (SSSR count). The van der Waals surface area contributed by atoms with E-state index in [2.05, 4.69) is 0 Å². The molecule has 0 amide bonds. The second-order valence-electron chi connectivity index (χ2n) is 5.78. The van der Waals surface area contributed by atoms with E-state index in [0.717, 1.165) is 11.1 Å². The molecule has 0 saturated heterocycles. The Morgan fingerprint density at radius 2 is 1.58 bits per heavy atom. The summed E-state index contributed by atoms with van der Waals surface area (Å²) in [5, 5.41) is 20.5. The van der Waals surface area contributed by atoms with E-state index in [1.165, 1.54) is 0 Å². The summed E-state index contributed by atoms with van der Waals surface area (Å²) in [6.07, 6.45) is 1.91. The SMILES string of the molecule is Cc1ccc(O)c(-c2nc(-c3ccccc3O)c3ccccn23)c1. The highest BCUT2D eigenvalue weighted by Gasteiger charge is 2.18. The largest absolute Gasteiger partial charge is 0.507 e. The minimum Gasteiger partial charge on any atom is -0.507 e. The van der Waals surface area contributed by atoms with E-state index in [1.807, 2.05) is 60.0 Å². The molecule has 0 bridgehead atoms. The molecule has 118 valence electrons. The lowest BCUT2D eigenvalue weighted by Crippen LogP contribution is -1.89. The number of benzene rings is 2. The Balaban J connectivity index is 2.06. The Hall–Kier alpha value is -3.27. The molecule has 2 heterocycles. The van der Waals surface area contributed by atoms with Crippen molar-refractivity contribution in [1.82, 2.24) is 9.38 Å². The second kappa shape index (κ2) is 5.42. The van der Waals surface area contributed by atoms with E-state index in [-0.39, 0.29) is 11.5 Å². The highest BCUT2D eigenvalue weighted by atomic mass is 16.3. The van der Waals surface area contributed by atoms with Gasteiger partial charge in [0.25, 0.3) is 0 Å². The van der Waals surface area contributed by atoms with Gasteiger partial charge in [0, 0.05) is 11.8 Å². The number of para-hydroxylation sites is 1. The molecule has 0 aliphatic heterocycles. The van der Waals surface area contributed by atoms with Gasteiger partial charge in [-0.1, -0.05) is 29.8 Å². The third kappa shape index (κ3) is 2.20. The average Bonchev–Trinajstić information content (AvgIpc) is 2.97. The number of nitrogens with zero attached hydrogens (tertiary/aromatic N) is 2. The lowest BCUT2D eigenvalue weighted by Gasteiger charge is -2.05. The Kier molecular flexibility index (Phi) is 3.24. The van der Waals surface area contributed by atoms with Crippen LogP contribution < -0.4 is 0 Å². The van der Waals surface area contributed by atoms with Crippen molar-refractivity contribution in [3.05, 3.63) is 72.4 Å². The van der Waals surface area contributed by atoms with E-state index in [9.17, 15) is 10.2 Å². The lowest BCUT2D eigenvalue weighted by molar-refractivity contribution is 0.476. The molecule has 0 unspecified atom stereocenters. The van der Waals surface area contributed by atoms with Crippen molar-refractivity contribution in [2.24, 2.45) is 0 Å². The Morgan fingerprint density at radius 1 is 0.833 bits per heavy atom. The van der Waals surface area contributed by atoms with Gasteiger partial charge in [-0.2, -0.15) is 0 Å². The van der Waals surface area contributed by atoms with Crippen molar-refractivity contribution in [1.29, 1.82) is 0 Å². The summed E-state index contributed by atoms with van der Waals surface area (Å²) in [7, 11) is 0.